The third-order valence-corrected chi connectivity index (χ3v) is 5.28. The molecule has 0 saturated heterocycles. The molecule has 2 atom stereocenters. The maximum atomic E-state index is 6.16. The van der Waals surface area contributed by atoms with Crippen molar-refractivity contribution in [3.05, 3.63) is 0 Å². The minimum Gasteiger partial charge on any atom is -0.329 e. The second-order valence-electron chi connectivity index (χ2n) is 7.63. The van der Waals surface area contributed by atoms with E-state index in [1.165, 1.54) is 32.1 Å². The number of nitrogens with two attached hydrogens (primary N) is 1. The molecule has 2 nitrogen and oxygen atoms in total. The van der Waals surface area contributed by atoms with Crippen molar-refractivity contribution in [1.82, 2.24) is 4.90 Å². The van der Waals surface area contributed by atoms with Gasteiger partial charge in [-0.05, 0) is 57.9 Å². The number of hydrogen-bond donors (Lipinski definition) is 1. The molecule has 108 valence electrons. The summed E-state index contributed by atoms with van der Waals surface area (Å²) in [5.41, 5.74) is 6.85. The summed E-state index contributed by atoms with van der Waals surface area (Å²) in [6.07, 6.45) is 6.57. The molecule has 1 rings (SSSR count). The molecule has 0 amide bonds. The first kappa shape index (κ1) is 16.0. The predicted octanol–water partition coefficient (Wildman–Crippen LogP) is 3.65. The molecule has 1 aliphatic rings. The monoisotopic (exact) mass is 254 g/mol. The molecule has 1 aliphatic carbocycles. The smallest absolute Gasteiger partial charge is 0.0331 e. The summed E-state index contributed by atoms with van der Waals surface area (Å²) in [6, 6.07) is 0.583. The van der Waals surface area contributed by atoms with Crippen molar-refractivity contribution in [1.29, 1.82) is 0 Å². The van der Waals surface area contributed by atoms with Crippen molar-refractivity contribution in [2.24, 2.45) is 17.1 Å². The van der Waals surface area contributed by atoms with Crippen LogP contribution in [0.25, 0.3) is 0 Å². The minimum atomic E-state index is 0.244. The summed E-state index contributed by atoms with van der Waals surface area (Å²) in [4.78, 5) is 2.53. The van der Waals surface area contributed by atoms with Crippen molar-refractivity contribution in [2.75, 3.05) is 13.6 Å². The second kappa shape index (κ2) is 5.92. The first-order valence-corrected chi connectivity index (χ1v) is 7.66. The van der Waals surface area contributed by atoms with Crippen molar-refractivity contribution in [2.45, 2.75) is 78.3 Å². The molecule has 0 aromatic carbocycles. The van der Waals surface area contributed by atoms with E-state index in [-0.39, 0.29) is 5.54 Å². The van der Waals surface area contributed by atoms with Gasteiger partial charge >= 0.3 is 0 Å². The number of likely N-dealkylation sites (N-methyl/N-ethyl adjacent to an activating group) is 1. The zero-order valence-electron chi connectivity index (χ0n) is 13.4. The summed E-state index contributed by atoms with van der Waals surface area (Å²) < 4.78 is 0. The fraction of sp³-hybridized carbons (Fsp3) is 1.00. The Morgan fingerprint density at radius 2 is 1.83 bits per heavy atom. The molecule has 1 saturated carbocycles. The lowest BCUT2D eigenvalue weighted by Gasteiger charge is -2.43. The van der Waals surface area contributed by atoms with Crippen LogP contribution >= 0.6 is 0 Å². The first-order valence-electron chi connectivity index (χ1n) is 7.66. The van der Waals surface area contributed by atoms with E-state index >= 15 is 0 Å². The average molecular weight is 254 g/mol. The van der Waals surface area contributed by atoms with Crippen LogP contribution in [0.2, 0.25) is 0 Å². The fourth-order valence-electron chi connectivity index (χ4n) is 3.50. The summed E-state index contributed by atoms with van der Waals surface area (Å²) in [6.45, 7) is 12.5. The molecule has 18 heavy (non-hydrogen) atoms. The highest BCUT2D eigenvalue weighted by molar-refractivity contribution is 4.95. The minimum absolute atomic E-state index is 0.244. The van der Waals surface area contributed by atoms with E-state index in [0.717, 1.165) is 12.5 Å². The van der Waals surface area contributed by atoms with Gasteiger partial charge in [-0.2, -0.15) is 0 Å². The van der Waals surface area contributed by atoms with Crippen LogP contribution in [-0.2, 0) is 0 Å². The van der Waals surface area contributed by atoms with Gasteiger partial charge < -0.3 is 5.73 Å². The molecule has 0 radical (unpaired) electrons. The highest BCUT2D eigenvalue weighted by Crippen LogP contribution is 2.41. The Hall–Kier alpha value is -0.0800. The van der Waals surface area contributed by atoms with E-state index in [0.29, 0.717) is 11.5 Å². The Balaban J connectivity index is 2.80. The van der Waals surface area contributed by atoms with Crippen LogP contribution in [0.4, 0.5) is 0 Å². The molecular formula is C16H34N2. The molecule has 0 aromatic rings. The largest absolute Gasteiger partial charge is 0.329 e. The molecule has 0 spiro atoms. The Morgan fingerprint density at radius 1 is 1.22 bits per heavy atom. The summed E-state index contributed by atoms with van der Waals surface area (Å²) >= 11 is 0. The molecule has 0 aliphatic heterocycles. The Bertz CT molecular complexity index is 254. The molecule has 2 unspecified atom stereocenters. The van der Waals surface area contributed by atoms with E-state index < -0.39 is 0 Å². The van der Waals surface area contributed by atoms with Crippen LogP contribution in [-0.4, -0.2) is 30.1 Å². The zero-order chi connectivity index (χ0) is 14.0. The molecule has 0 bridgehead atoms. The molecule has 0 heterocycles. The van der Waals surface area contributed by atoms with Gasteiger partial charge in [0.25, 0.3) is 0 Å². The molecule has 2 heteroatoms. The second-order valence-corrected chi connectivity index (χ2v) is 7.63. The summed E-state index contributed by atoms with van der Waals surface area (Å²) in [5.74, 6) is 0.853. The van der Waals surface area contributed by atoms with Crippen LogP contribution in [0.1, 0.15) is 66.7 Å². The summed E-state index contributed by atoms with van der Waals surface area (Å²) in [7, 11) is 2.26. The van der Waals surface area contributed by atoms with E-state index in [1.807, 2.05) is 0 Å². The van der Waals surface area contributed by atoms with Gasteiger partial charge in [0.1, 0.15) is 0 Å². The normalized spacial score (nSPS) is 30.8. The highest BCUT2D eigenvalue weighted by atomic mass is 15.2. The zero-order valence-corrected chi connectivity index (χ0v) is 13.4. The summed E-state index contributed by atoms with van der Waals surface area (Å²) in [5, 5.41) is 0. The van der Waals surface area contributed by atoms with Crippen LogP contribution in [0, 0.1) is 11.3 Å². The SMILES string of the molecule is CC(C)N(C)C1(CN)CCCC(C(C)(C)C)CC1. The van der Waals surface area contributed by atoms with Gasteiger partial charge in [0.05, 0.1) is 0 Å². The number of nitrogens with zero attached hydrogens (tertiary/aromatic N) is 1. The first-order chi connectivity index (χ1) is 8.23. The van der Waals surface area contributed by atoms with Crippen LogP contribution < -0.4 is 5.73 Å². The van der Waals surface area contributed by atoms with Crippen molar-refractivity contribution >= 4 is 0 Å². The van der Waals surface area contributed by atoms with E-state index in [2.05, 4.69) is 46.6 Å². The molecular weight excluding hydrogens is 220 g/mol. The predicted molar refractivity (Wildman–Crippen MR) is 80.7 cm³/mol. The lowest BCUT2D eigenvalue weighted by Crippen LogP contribution is -2.54. The van der Waals surface area contributed by atoms with E-state index in [4.69, 9.17) is 5.73 Å². The quantitative estimate of drug-likeness (QED) is 0.779. The Labute approximate surface area is 114 Å². The van der Waals surface area contributed by atoms with Gasteiger partial charge in [0, 0.05) is 18.1 Å². The van der Waals surface area contributed by atoms with Crippen molar-refractivity contribution in [3.8, 4) is 0 Å². The fourth-order valence-corrected chi connectivity index (χ4v) is 3.50. The van der Waals surface area contributed by atoms with Gasteiger partial charge in [-0.15, -0.1) is 0 Å². The Morgan fingerprint density at radius 3 is 2.28 bits per heavy atom. The van der Waals surface area contributed by atoms with Crippen LogP contribution in [0.5, 0.6) is 0 Å². The van der Waals surface area contributed by atoms with Gasteiger partial charge in [-0.25, -0.2) is 0 Å². The maximum absolute atomic E-state index is 6.16. The topological polar surface area (TPSA) is 29.3 Å². The average Bonchev–Trinajstić information content (AvgIpc) is 2.50. The third-order valence-electron chi connectivity index (χ3n) is 5.28. The van der Waals surface area contributed by atoms with Crippen molar-refractivity contribution in [3.63, 3.8) is 0 Å². The third kappa shape index (κ3) is 3.48. The number of rotatable bonds is 3. The Kier molecular flexibility index (Phi) is 5.25. The molecule has 1 fully saturated rings. The standard InChI is InChI=1S/C16H34N2/c1-13(2)18(6)16(12-17)10-7-8-14(9-11-16)15(3,4)5/h13-14H,7-12,17H2,1-6H3. The molecule has 2 N–H and O–H groups in total. The van der Waals surface area contributed by atoms with Gasteiger partial charge in [-0.1, -0.05) is 27.2 Å². The number of hydrogen-bond acceptors (Lipinski definition) is 2. The van der Waals surface area contributed by atoms with E-state index in [1.54, 1.807) is 0 Å². The van der Waals surface area contributed by atoms with Crippen LogP contribution in [0.15, 0.2) is 0 Å². The van der Waals surface area contributed by atoms with Gasteiger partial charge in [-0.3, -0.25) is 4.90 Å². The van der Waals surface area contributed by atoms with Crippen LogP contribution in [0.3, 0.4) is 0 Å². The lowest BCUT2D eigenvalue weighted by molar-refractivity contribution is 0.0733. The highest BCUT2D eigenvalue weighted by Gasteiger charge is 2.38. The van der Waals surface area contributed by atoms with Crippen molar-refractivity contribution < 1.29 is 0 Å². The van der Waals surface area contributed by atoms with E-state index in [9.17, 15) is 0 Å². The lowest BCUT2D eigenvalue weighted by atomic mass is 9.76. The van der Waals surface area contributed by atoms with Gasteiger partial charge in [0.15, 0.2) is 0 Å². The van der Waals surface area contributed by atoms with Gasteiger partial charge in [0.2, 0.25) is 0 Å². The molecule has 0 aromatic heterocycles. The maximum Gasteiger partial charge on any atom is 0.0331 e.